The van der Waals surface area contributed by atoms with Gasteiger partial charge >= 0.3 is 11.9 Å². The van der Waals surface area contributed by atoms with E-state index in [2.05, 4.69) is 13.2 Å². The molecule has 0 aromatic heterocycles. The molecule has 0 spiro atoms. The van der Waals surface area contributed by atoms with Crippen LogP contribution in [0.25, 0.3) is 22.3 Å². The van der Waals surface area contributed by atoms with Crippen molar-refractivity contribution in [3.63, 3.8) is 0 Å². The number of ether oxygens (including phenoxy) is 3. The van der Waals surface area contributed by atoms with E-state index in [0.29, 0.717) is 17.1 Å². The van der Waals surface area contributed by atoms with Gasteiger partial charge in [-0.1, -0.05) is 55.6 Å². The van der Waals surface area contributed by atoms with Crippen LogP contribution in [-0.4, -0.2) is 11.9 Å². The van der Waals surface area contributed by atoms with Gasteiger partial charge in [-0.2, -0.15) is 0 Å². The lowest BCUT2D eigenvalue weighted by Gasteiger charge is -2.09. The smallest absolute Gasteiger partial charge is 0.338 e. The minimum atomic E-state index is -0.549. The Bertz CT molecular complexity index is 1200. The van der Waals surface area contributed by atoms with Crippen LogP contribution in [0, 0.1) is 6.92 Å². The van der Waals surface area contributed by atoms with Gasteiger partial charge in [-0.25, -0.2) is 9.59 Å². The molecule has 5 heteroatoms. The van der Waals surface area contributed by atoms with Gasteiger partial charge in [-0.15, -0.1) is 0 Å². The fraction of sp³-hybridized carbons (Fsp3) is 0.0714. The number of hydrogen-bond donors (Lipinski definition) is 0. The summed E-state index contributed by atoms with van der Waals surface area (Å²) in [6, 6.07) is 21.4. The molecule has 0 fully saturated rings. The van der Waals surface area contributed by atoms with Crippen LogP contribution in [0.2, 0.25) is 0 Å². The monoisotopic (exact) mass is 440 g/mol. The molecule has 0 saturated carbocycles. The first-order valence-electron chi connectivity index (χ1n) is 10.2. The van der Waals surface area contributed by atoms with Crippen molar-refractivity contribution in [1.82, 2.24) is 0 Å². The molecule has 3 aromatic rings. The van der Waals surface area contributed by atoms with Crippen molar-refractivity contribution in [2.24, 2.45) is 0 Å². The minimum absolute atomic E-state index is 0.356. The van der Waals surface area contributed by atoms with Crippen LogP contribution >= 0.6 is 0 Å². The Morgan fingerprint density at radius 1 is 0.818 bits per heavy atom. The van der Waals surface area contributed by atoms with Gasteiger partial charge in [0, 0.05) is 11.6 Å². The number of carbonyl (C=O) groups excluding carboxylic acids is 2. The second-order valence-corrected chi connectivity index (χ2v) is 7.28. The summed E-state index contributed by atoms with van der Waals surface area (Å²) in [7, 11) is 0. The Labute approximate surface area is 193 Å². The summed E-state index contributed by atoms with van der Waals surface area (Å²) < 4.78 is 15.5. The maximum absolute atomic E-state index is 11.6. The highest BCUT2D eigenvalue weighted by Crippen LogP contribution is 2.29. The summed E-state index contributed by atoms with van der Waals surface area (Å²) in [6.45, 7) is 10.5. The van der Waals surface area contributed by atoms with Crippen LogP contribution in [0.4, 0.5) is 0 Å². The number of carbonyl (C=O) groups is 2. The van der Waals surface area contributed by atoms with Gasteiger partial charge in [-0.05, 0) is 65.9 Å². The van der Waals surface area contributed by atoms with Crippen molar-refractivity contribution in [3.05, 3.63) is 110 Å². The molecule has 0 bridgehead atoms. The molecule has 0 heterocycles. The maximum Gasteiger partial charge on any atom is 0.338 e. The van der Waals surface area contributed by atoms with Crippen molar-refractivity contribution >= 4 is 11.9 Å². The van der Waals surface area contributed by atoms with Gasteiger partial charge in [0.25, 0.3) is 0 Å². The summed E-state index contributed by atoms with van der Waals surface area (Å²) >= 11 is 0. The highest BCUT2D eigenvalue weighted by molar-refractivity contribution is 5.88. The summed E-state index contributed by atoms with van der Waals surface area (Å²) in [5, 5.41) is 0. The quantitative estimate of drug-likeness (QED) is 0.176. The Morgan fingerprint density at radius 2 is 1.36 bits per heavy atom. The minimum Gasteiger partial charge on any atom is -0.462 e. The van der Waals surface area contributed by atoms with Crippen LogP contribution in [-0.2, 0) is 14.3 Å². The standard InChI is InChI=1S/C28H24O5/c1-5-27(29)32-17-16-31-26-15-12-24(18-20(26)4)23-8-6-21(7-9-23)22-10-13-25(14-11-22)33-28(30)19(2)3/h5-18H,1-2H2,3-4H3/b17-16-. The van der Waals surface area contributed by atoms with E-state index in [1.54, 1.807) is 19.1 Å². The van der Waals surface area contributed by atoms with E-state index in [-0.39, 0.29) is 0 Å². The zero-order valence-electron chi connectivity index (χ0n) is 18.5. The second kappa shape index (κ2) is 10.8. The van der Waals surface area contributed by atoms with Crippen molar-refractivity contribution in [1.29, 1.82) is 0 Å². The Balaban J connectivity index is 1.68. The van der Waals surface area contributed by atoms with Crippen LogP contribution in [0.1, 0.15) is 12.5 Å². The fourth-order valence-corrected chi connectivity index (χ4v) is 2.97. The normalized spacial score (nSPS) is 10.5. The molecule has 0 N–H and O–H groups in total. The van der Waals surface area contributed by atoms with Gasteiger partial charge in [0.15, 0.2) is 0 Å². The average molecular weight is 440 g/mol. The molecule has 0 amide bonds. The first kappa shape index (κ1) is 23.3. The molecule has 0 aliphatic carbocycles. The summed E-state index contributed by atoms with van der Waals surface area (Å²) in [5.74, 6) is 0.155. The van der Waals surface area contributed by atoms with Gasteiger partial charge in [0.1, 0.15) is 24.0 Å². The summed E-state index contributed by atoms with van der Waals surface area (Å²) in [6.07, 6.45) is 3.56. The molecule has 166 valence electrons. The molecular weight excluding hydrogens is 416 g/mol. The van der Waals surface area contributed by atoms with Crippen LogP contribution in [0.15, 0.2) is 104 Å². The number of aryl methyl sites for hydroxylation is 1. The lowest BCUT2D eigenvalue weighted by Crippen LogP contribution is -2.07. The first-order valence-corrected chi connectivity index (χ1v) is 10.2. The fourth-order valence-electron chi connectivity index (χ4n) is 2.97. The second-order valence-electron chi connectivity index (χ2n) is 7.28. The molecule has 33 heavy (non-hydrogen) atoms. The molecule has 0 aliphatic heterocycles. The lowest BCUT2D eigenvalue weighted by molar-refractivity contribution is -0.132. The van der Waals surface area contributed by atoms with E-state index in [4.69, 9.17) is 14.2 Å². The van der Waals surface area contributed by atoms with Crippen LogP contribution in [0.3, 0.4) is 0 Å². The lowest BCUT2D eigenvalue weighted by atomic mass is 9.99. The van der Waals surface area contributed by atoms with Crippen LogP contribution < -0.4 is 9.47 Å². The molecule has 0 saturated heterocycles. The summed E-state index contributed by atoms with van der Waals surface area (Å²) in [5.41, 5.74) is 5.48. The van der Waals surface area contributed by atoms with E-state index in [1.807, 2.05) is 61.5 Å². The van der Waals surface area contributed by atoms with Crippen molar-refractivity contribution in [2.75, 3.05) is 0 Å². The predicted molar refractivity (Wildman–Crippen MR) is 129 cm³/mol. The van der Waals surface area contributed by atoms with Gasteiger partial charge in [0.05, 0.1) is 0 Å². The third-order valence-corrected chi connectivity index (χ3v) is 4.74. The predicted octanol–water partition coefficient (Wildman–Crippen LogP) is 6.39. The van der Waals surface area contributed by atoms with Gasteiger partial charge in [-0.3, -0.25) is 0 Å². The van der Waals surface area contributed by atoms with E-state index in [1.165, 1.54) is 12.5 Å². The Kier molecular flexibility index (Phi) is 7.60. The number of hydrogen-bond acceptors (Lipinski definition) is 5. The van der Waals surface area contributed by atoms with E-state index < -0.39 is 11.9 Å². The summed E-state index contributed by atoms with van der Waals surface area (Å²) in [4.78, 5) is 22.6. The largest absolute Gasteiger partial charge is 0.462 e. The zero-order valence-corrected chi connectivity index (χ0v) is 18.5. The van der Waals surface area contributed by atoms with E-state index in [9.17, 15) is 9.59 Å². The molecule has 3 rings (SSSR count). The number of esters is 2. The Hall–Kier alpha value is -4.38. The van der Waals surface area contributed by atoms with Gasteiger partial charge in [0.2, 0.25) is 0 Å². The molecule has 5 nitrogen and oxygen atoms in total. The van der Waals surface area contributed by atoms with Gasteiger partial charge < -0.3 is 14.2 Å². The van der Waals surface area contributed by atoms with Crippen molar-refractivity contribution < 1.29 is 23.8 Å². The van der Waals surface area contributed by atoms with Crippen molar-refractivity contribution in [2.45, 2.75) is 13.8 Å². The van der Waals surface area contributed by atoms with E-state index in [0.717, 1.165) is 33.9 Å². The number of rotatable bonds is 8. The SMILES string of the molecule is C=CC(=O)O/C=C\Oc1ccc(-c2ccc(-c3ccc(OC(=O)C(=C)C)cc3)cc2)cc1C. The average Bonchev–Trinajstić information content (AvgIpc) is 2.83. The van der Waals surface area contributed by atoms with Crippen LogP contribution in [0.5, 0.6) is 11.5 Å². The Morgan fingerprint density at radius 3 is 1.91 bits per heavy atom. The molecule has 0 unspecified atom stereocenters. The molecule has 3 aromatic carbocycles. The number of benzene rings is 3. The molecular formula is C28H24O5. The molecule has 0 aliphatic rings. The third kappa shape index (κ3) is 6.31. The third-order valence-electron chi connectivity index (χ3n) is 4.74. The molecule has 0 atom stereocenters. The van der Waals surface area contributed by atoms with Crippen molar-refractivity contribution in [3.8, 4) is 33.8 Å². The highest BCUT2D eigenvalue weighted by atomic mass is 16.5. The maximum atomic E-state index is 11.6. The first-order chi connectivity index (χ1) is 15.9. The topological polar surface area (TPSA) is 61.8 Å². The molecule has 0 radical (unpaired) electrons. The highest BCUT2D eigenvalue weighted by Gasteiger charge is 2.07. The zero-order chi connectivity index (χ0) is 23.8. The van der Waals surface area contributed by atoms with E-state index >= 15 is 0 Å².